The number of amides is 4. The molecule has 0 saturated carbocycles. The quantitative estimate of drug-likeness (QED) is 0.505. The van der Waals surface area contributed by atoms with E-state index in [9.17, 15) is 14.4 Å². The minimum atomic E-state index is -1.28. The van der Waals surface area contributed by atoms with Gasteiger partial charge >= 0.3 is 6.03 Å². The molecule has 4 amide bonds. The molecule has 0 aliphatic carbocycles. The second kappa shape index (κ2) is 8.57. The summed E-state index contributed by atoms with van der Waals surface area (Å²) in [5.41, 5.74) is 2.30. The Labute approximate surface area is 196 Å². The van der Waals surface area contributed by atoms with E-state index in [1.165, 1.54) is 0 Å². The van der Waals surface area contributed by atoms with Crippen LogP contribution in [0.25, 0.3) is 11.0 Å². The number of imidazole rings is 1. The lowest BCUT2D eigenvalue weighted by Gasteiger charge is -2.38. The molecule has 2 fully saturated rings. The molecule has 1 aromatic heterocycles. The van der Waals surface area contributed by atoms with Crippen molar-refractivity contribution in [1.29, 1.82) is 0 Å². The zero-order chi connectivity index (χ0) is 23.9. The number of fused-ring (bicyclic) bond motifs is 1. The molecule has 3 heterocycles. The number of ether oxygens (including phenoxy) is 1. The van der Waals surface area contributed by atoms with Crippen LogP contribution in [0.15, 0.2) is 48.5 Å². The van der Waals surface area contributed by atoms with Gasteiger partial charge in [-0.15, -0.1) is 0 Å². The SMILES string of the molecule is CC(C)c1nc2ccccc2n1Cc1ccc(C(=O)NC2CCOCC23NC(=O)NC3=O)cc1. The Morgan fingerprint density at radius 2 is 1.97 bits per heavy atom. The fraction of sp³-hybridized carbons (Fsp3) is 0.360. The monoisotopic (exact) mass is 461 g/mol. The van der Waals surface area contributed by atoms with Gasteiger partial charge in [0.25, 0.3) is 11.8 Å². The Hall–Kier alpha value is -3.72. The molecule has 2 aromatic carbocycles. The van der Waals surface area contributed by atoms with E-state index < -0.39 is 23.5 Å². The molecular weight excluding hydrogens is 434 g/mol. The standard InChI is InChI=1S/C25H27N5O4/c1-15(2)21-26-18-5-3-4-6-19(18)30(21)13-16-7-9-17(10-8-16)22(31)27-20-11-12-34-14-25(20)23(32)28-24(33)29-25/h3-10,15,20H,11-14H2,1-2H3,(H,27,31)(H2,28,29,32,33). The van der Waals surface area contributed by atoms with Crippen molar-refractivity contribution in [2.45, 2.75) is 44.3 Å². The average Bonchev–Trinajstić information content (AvgIpc) is 3.33. The van der Waals surface area contributed by atoms with Crippen molar-refractivity contribution in [3.05, 3.63) is 65.5 Å². The Bertz CT molecular complexity index is 1270. The number of aromatic nitrogens is 2. The zero-order valence-electron chi connectivity index (χ0n) is 19.1. The maximum Gasteiger partial charge on any atom is 0.322 e. The van der Waals surface area contributed by atoms with Crippen LogP contribution < -0.4 is 16.0 Å². The fourth-order valence-electron chi connectivity index (χ4n) is 4.72. The molecular formula is C25H27N5O4. The van der Waals surface area contributed by atoms with Crippen molar-refractivity contribution in [3.8, 4) is 0 Å². The minimum absolute atomic E-state index is 0.0193. The van der Waals surface area contributed by atoms with E-state index >= 15 is 0 Å². The lowest BCUT2D eigenvalue weighted by molar-refractivity contribution is -0.130. The summed E-state index contributed by atoms with van der Waals surface area (Å²) in [6, 6.07) is 14.3. The van der Waals surface area contributed by atoms with E-state index in [4.69, 9.17) is 9.72 Å². The predicted molar refractivity (Wildman–Crippen MR) is 125 cm³/mol. The molecule has 3 aromatic rings. The number of imide groups is 1. The van der Waals surface area contributed by atoms with Crippen LogP contribution >= 0.6 is 0 Å². The van der Waals surface area contributed by atoms with Crippen LogP contribution in [-0.4, -0.2) is 52.2 Å². The average molecular weight is 462 g/mol. The van der Waals surface area contributed by atoms with E-state index in [-0.39, 0.29) is 18.4 Å². The highest BCUT2D eigenvalue weighted by Crippen LogP contribution is 2.25. The van der Waals surface area contributed by atoms with Crippen molar-refractivity contribution in [2.75, 3.05) is 13.2 Å². The summed E-state index contributed by atoms with van der Waals surface area (Å²) in [5.74, 6) is 0.510. The van der Waals surface area contributed by atoms with Gasteiger partial charge in [-0.25, -0.2) is 9.78 Å². The Balaban J connectivity index is 1.33. The number of para-hydroxylation sites is 2. The van der Waals surface area contributed by atoms with Crippen molar-refractivity contribution in [3.63, 3.8) is 0 Å². The number of urea groups is 1. The summed E-state index contributed by atoms with van der Waals surface area (Å²) in [7, 11) is 0. The summed E-state index contributed by atoms with van der Waals surface area (Å²) in [4.78, 5) is 41.9. The van der Waals surface area contributed by atoms with Gasteiger partial charge in [-0.2, -0.15) is 0 Å². The van der Waals surface area contributed by atoms with Gasteiger partial charge in [0.2, 0.25) is 0 Å². The van der Waals surface area contributed by atoms with Crippen LogP contribution in [0, 0.1) is 0 Å². The number of carbonyl (C=O) groups is 3. The van der Waals surface area contributed by atoms with Crippen molar-refractivity contribution in [1.82, 2.24) is 25.5 Å². The molecule has 2 aliphatic heterocycles. The number of benzene rings is 2. The molecule has 3 N–H and O–H groups in total. The van der Waals surface area contributed by atoms with Crippen LogP contribution in [0.1, 0.15) is 47.9 Å². The van der Waals surface area contributed by atoms with Crippen LogP contribution in [0.3, 0.4) is 0 Å². The van der Waals surface area contributed by atoms with Gasteiger partial charge in [-0.3, -0.25) is 14.9 Å². The molecule has 34 heavy (non-hydrogen) atoms. The van der Waals surface area contributed by atoms with Gasteiger partial charge in [0.15, 0.2) is 5.54 Å². The fourth-order valence-corrected chi connectivity index (χ4v) is 4.72. The number of hydrogen-bond acceptors (Lipinski definition) is 5. The smallest absolute Gasteiger partial charge is 0.322 e. The second-order valence-corrected chi connectivity index (χ2v) is 9.14. The van der Waals surface area contributed by atoms with E-state index in [0.717, 1.165) is 22.4 Å². The molecule has 9 nitrogen and oxygen atoms in total. The first-order valence-electron chi connectivity index (χ1n) is 11.4. The predicted octanol–water partition coefficient (Wildman–Crippen LogP) is 2.30. The minimum Gasteiger partial charge on any atom is -0.378 e. The molecule has 0 radical (unpaired) electrons. The van der Waals surface area contributed by atoms with Gasteiger partial charge in [-0.05, 0) is 36.2 Å². The van der Waals surface area contributed by atoms with Gasteiger partial charge in [0.1, 0.15) is 5.82 Å². The summed E-state index contributed by atoms with van der Waals surface area (Å²) in [6.07, 6.45) is 0.420. The van der Waals surface area contributed by atoms with Gasteiger partial charge in [0, 0.05) is 24.6 Å². The first-order chi connectivity index (χ1) is 16.4. The third-order valence-electron chi connectivity index (χ3n) is 6.51. The maximum absolute atomic E-state index is 13.0. The molecule has 2 unspecified atom stereocenters. The van der Waals surface area contributed by atoms with E-state index in [2.05, 4.69) is 40.4 Å². The van der Waals surface area contributed by atoms with Gasteiger partial charge in [-0.1, -0.05) is 38.1 Å². The lowest BCUT2D eigenvalue weighted by atomic mass is 9.86. The highest BCUT2D eigenvalue weighted by atomic mass is 16.5. The summed E-state index contributed by atoms with van der Waals surface area (Å²) in [5, 5.41) is 7.81. The summed E-state index contributed by atoms with van der Waals surface area (Å²) in [6.45, 7) is 5.31. The molecule has 9 heteroatoms. The number of rotatable bonds is 5. The van der Waals surface area contributed by atoms with Crippen molar-refractivity contribution in [2.24, 2.45) is 0 Å². The van der Waals surface area contributed by atoms with Crippen LogP contribution in [-0.2, 0) is 16.1 Å². The maximum atomic E-state index is 13.0. The van der Waals surface area contributed by atoms with Crippen LogP contribution in [0.4, 0.5) is 4.79 Å². The molecule has 2 saturated heterocycles. The molecule has 1 spiro atoms. The number of carbonyl (C=O) groups excluding carboxylic acids is 3. The molecule has 176 valence electrons. The van der Waals surface area contributed by atoms with E-state index in [0.29, 0.717) is 25.1 Å². The van der Waals surface area contributed by atoms with E-state index in [1.807, 2.05) is 30.3 Å². The summed E-state index contributed by atoms with van der Waals surface area (Å²) >= 11 is 0. The molecule has 0 bridgehead atoms. The third-order valence-corrected chi connectivity index (χ3v) is 6.51. The Kier molecular flexibility index (Phi) is 5.57. The van der Waals surface area contributed by atoms with Crippen molar-refractivity contribution >= 4 is 28.9 Å². The van der Waals surface area contributed by atoms with Crippen LogP contribution in [0.2, 0.25) is 0 Å². The first-order valence-corrected chi connectivity index (χ1v) is 11.4. The lowest BCUT2D eigenvalue weighted by Crippen LogP contribution is -2.67. The second-order valence-electron chi connectivity index (χ2n) is 9.14. The van der Waals surface area contributed by atoms with Gasteiger partial charge in [0.05, 0.1) is 23.7 Å². The number of hydrogen-bond donors (Lipinski definition) is 3. The summed E-state index contributed by atoms with van der Waals surface area (Å²) < 4.78 is 7.64. The van der Waals surface area contributed by atoms with Crippen LogP contribution in [0.5, 0.6) is 0 Å². The van der Waals surface area contributed by atoms with Crippen molar-refractivity contribution < 1.29 is 19.1 Å². The first kappa shape index (κ1) is 22.1. The zero-order valence-corrected chi connectivity index (χ0v) is 19.1. The Morgan fingerprint density at radius 1 is 1.21 bits per heavy atom. The highest BCUT2D eigenvalue weighted by molar-refractivity contribution is 6.08. The van der Waals surface area contributed by atoms with E-state index in [1.54, 1.807) is 12.1 Å². The number of nitrogens with one attached hydrogen (secondary N) is 3. The Morgan fingerprint density at radius 3 is 2.68 bits per heavy atom. The largest absolute Gasteiger partial charge is 0.378 e. The highest BCUT2D eigenvalue weighted by Gasteiger charge is 2.54. The topological polar surface area (TPSA) is 114 Å². The van der Waals surface area contributed by atoms with Gasteiger partial charge < -0.3 is 19.9 Å². The third kappa shape index (κ3) is 3.81. The number of nitrogens with zero attached hydrogens (tertiary/aromatic N) is 2. The molecule has 2 aliphatic rings. The molecule has 5 rings (SSSR count). The molecule has 2 atom stereocenters. The normalized spacial score (nSPS) is 22.3.